The Kier molecular flexibility index (Phi) is 4.11. The number of hydrogen-bond acceptors (Lipinski definition) is 3. The first-order chi connectivity index (χ1) is 10.6. The molecule has 1 aliphatic rings. The third-order valence-corrected chi connectivity index (χ3v) is 4.46. The highest BCUT2D eigenvalue weighted by Crippen LogP contribution is 2.22. The lowest BCUT2D eigenvalue weighted by atomic mass is 9.96. The van der Waals surface area contributed by atoms with Gasteiger partial charge in [-0.2, -0.15) is 0 Å². The first kappa shape index (κ1) is 15.0. The number of aryl methyl sites for hydroxylation is 1. The predicted molar refractivity (Wildman–Crippen MR) is 82.6 cm³/mol. The van der Waals surface area contributed by atoms with E-state index in [1.165, 1.54) is 12.1 Å². The summed E-state index contributed by atoms with van der Waals surface area (Å²) >= 11 is 0. The topological polar surface area (TPSA) is 64.2 Å². The molecule has 0 aliphatic carbocycles. The van der Waals surface area contributed by atoms with E-state index in [-0.39, 0.29) is 17.6 Å². The molecule has 0 bridgehead atoms. The fourth-order valence-electron chi connectivity index (χ4n) is 3.20. The van der Waals surface area contributed by atoms with Gasteiger partial charge < -0.3 is 10.3 Å². The van der Waals surface area contributed by atoms with Crippen LogP contribution in [-0.4, -0.2) is 33.4 Å². The summed E-state index contributed by atoms with van der Waals surface area (Å²) in [5.74, 6) is 0.481. The molecule has 1 aliphatic heterocycles. The number of primary amides is 1. The van der Waals surface area contributed by atoms with Gasteiger partial charge in [0.1, 0.15) is 11.6 Å². The highest BCUT2D eigenvalue weighted by Gasteiger charge is 2.24. The second kappa shape index (κ2) is 6.04. The second-order valence-corrected chi connectivity index (χ2v) is 5.86. The number of benzene rings is 1. The van der Waals surface area contributed by atoms with Gasteiger partial charge in [0.2, 0.25) is 5.91 Å². The summed E-state index contributed by atoms with van der Waals surface area (Å²) in [6.45, 7) is 5.27. The van der Waals surface area contributed by atoms with Crippen LogP contribution in [0.15, 0.2) is 18.2 Å². The molecule has 0 unspecified atom stereocenters. The van der Waals surface area contributed by atoms with Gasteiger partial charge in [0.25, 0.3) is 0 Å². The van der Waals surface area contributed by atoms with Crippen molar-refractivity contribution in [2.75, 3.05) is 13.1 Å². The Balaban J connectivity index is 1.78. The molecule has 3 rings (SSSR count). The number of likely N-dealkylation sites (tertiary alicyclic amines) is 1. The van der Waals surface area contributed by atoms with Crippen LogP contribution in [0, 0.1) is 11.7 Å². The van der Waals surface area contributed by atoms with Crippen molar-refractivity contribution in [2.24, 2.45) is 11.7 Å². The molecule has 1 fully saturated rings. The number of hydrogen-bond donors (Lipinski definition) is 1. The molecule has 22 heavy (non-hydrogen) atoms. The SMILES string of the molecule is CCn1c(CN2CCC(C(N)=O)CC2)nc2cc(F)ccc21. The third-order valence-electron chi connectivity index (χ3n) is 4.46. The zero-order valence-corrected chi connectivity index (χ0v) is 12.8. The first-order valence-corrected chi connectivity index (χ1v) is 7.74. The highest BCUT2D eigenvalue weighted by molar-refractivity contribution is 5.77. The molecule has 2 heterocycles. The minimum atomic E-state index is -0.262. The molecule has 1 saturated heterocycles. The van der Waals surface area contributed by atoms with Gasteiger partial charge in [0.15, 0.2) is 0 Å². The van der Waals surface area contributed by atoms with Crippen molar-refractivity contribution in [1.29, 1.82) is 0 Å². The Labute approximate surface area is 128 Å². The molecule has 2 aromatic rings. The standard InChI is InChI=1S/C16H21FN4O/c1-2-21-14-4-3-12(17)9-13(14)19-15(21)10-20-7-5-11(6-8-20)16(18)22/h3-4,9,11H,2,5-8,10H2,1H3,(H2,18,22). The number of piperidine rings is 1. The number of fused-ring (bicyclic) bond motifs is 1. The maximum Gasteiger partial charge on any atom is 0.220 e. The monoisotopic (exact) mass is 304 g/mol. The molecular formula is C16H21FN4O. The Morgan fingerprint density at radius 1 is 1.41 bits per heavy atom. The first-order valence-electron chi connectivity index (χ1n) is 7.74. The molecule has 1 aromatic heterocycles. The summed E-state index contributed by atoms with van der Waals surface area (Å²) in [5.41, 5.74) is 7.03. The van der Waals surface area contributed by atoms with Gasteiger partial charge in [-0.1, -0.05) is 0 Å². The Bertz CT molecular complexity index is 689. The molecule has 2 N–H and O–H groups in total. The maximum absolute atomic E-state index is 13.4. The van der Waals surface area contributed by atoms with Crippen LogP contribution >= 0.6 is 0 Å². The lowest BCUT2D eigenvalue weighted by Crippen LogP contribution is -2.38. The van der Waals surface area contributed by atoms with Crippen LogP contribution in [0.5, 0.6) is 0 Å². The quantitative estimate of drug-likeness (QED) is 0.938. The number of rotatable bonds is 4. The number of amides is 1. The van der Waals surface area contributed by atoms with Gasteiger partial charge in [-0.3, -0.25) is 9.69 Å². The van der Waals surface area contributed by atoms with E-state index in [0.29, 0.717) is 5.52 Å². The van der Waals surface area contributed by atoms with E-state index in [0.717, 1.165) is 50.4 Å². The van der Waals surface area contributed by atoms with E-state index >= 15 is 0 Å². The molecule has 118 valence electrons. The lowest BCUT2D eigenvalue weighted by Gasteiger charge is -2.30. The molecule has 5 nitrogen and oxygen atoms in total. The van der Waals surface area contributed by atoms with Crippen LogP contribution in [0.3, 0.4) is 0 Å². The van der Waals surface area contributed by atoms with Crippen LogP contribution in [0.25, 0.3) is 11.0 Å². The van der Waals surface area contributed by atoms with Crippen molar-refractivity contribution in [1.82, 2.24) is 14.5 Å². The van der Waals surface area contributed by atoms with Gasteiger partial charge in [-0.15, -0.1) is 0 Å². The summed E-state index contributed by atoms with van der Waals surface area (Å²) in [4.78, 5) is 18.1. The predicted octanol–water partition coefficient (Wildman–Crippen LogP) is 1.89. The third kappa shape index (κ3) is 2.83. The number of nitrogens with two attached hydrogens (primary N) is 1. The summed E-state index contributed by atoms with van der Waals surface area (Å²) in [7, 11) is 0. The van der Waals surface area contributed by atoms with Crippen LogP contribution in [0.1, 0.15) is 25.6 Å². The van der Waals surface area contributed by atoms with E-state index in [9.17, 15) is 9.18 Å². The average Bonchev–Trinajstić information content (AvgIpc) is 2.83. The number of halogens is 1. The van der Waals surface area contributed by atoms with Crippen molar-refractivity contribution in [3.8, 4) is 0 Å². The minimum absolute atomic E-state index is 0.00432. The summed E-state index contributed by atoms with van der Waals surface area (Å²) in [5, 5.41) is 0. The Morgan fingerprint density at radius 2 is 2.14 bits per heavy atom. The number of carbonyl (C=O) groups excluding carboxylic acids is 1. The van der Waals surface area contributed by atoms with E-state index in [4.69, 9.17) is 5.73 Å². The molecule has 0 saturated carbocycles. The second-order valence-electron chi connectivity index (χ2n) is 5.86. The van der Waals surface area contributed by atoms with Crippen molar-refractivity contribution < 1.29 is 9.18 Å². The maximum atomic E-state index is 13.4. The fraction of sp³-hybridized carbons (Fsp3) is 0.500. The summed E-state index contributed by atoms with van der Waals surface area (Å²) in [6.07, 6.45) is 1.60. The molecule has 0 atom stereocenters. The number of imidazole rings is 1. The molecule has 1 amide bonds. The highest BCUT2D eigenvalue weighted by atomic mass is 19.1. The van der Waals surface area contributed by atoms with Crippen LogP contribution in [-0.2, 0) is 17.9 Å². The molecule has 0 radical (unpaired) electrons. The van der Waals surface area contributed by atoms with Crippen LogP contribution in [0.2, 0.25) is 0 Å². The smallest absolute Gasteiger partial charge is 0.220 e. The van der Waals surface area contributed by atoms with Crippen molar-refractivity contribution in [3.63, 3.8) is 0 Å². The largest absolute Gasteiger partial charge is 0.369 e. The Hall–Kier alpha value is -1.95. The molecule has 1 aromatic carbocycles. The Morgan fingerprint density at radius 3 is 2.77 bits per heavy atom. The van der Waals surface area contributed by atoms with E-state index < -0.39 is 0 Å². The average molecular weight is 304 g/mol. The normalized spacial score (nSPS) is 17.2. The lowest BCUT2D eigenvalue weighted by molar-refractivity contribution is -0.123. The number of nitrogens with zero attached hydrogens (tertiary/aromatic N) is 3. The fourth-order valence-corrected chi connectivity index (χ4v) is 3.20. The number of aromatic nitrogens is 2. The molecule has 0 spiro atoms. The molecule has 6 heteroatoms. The van der Waals surface area contributed by atoms with Crippen molar-refractivity contribution in [3.05, 3.63) is 29.8 Å². The van der Waals surface area contributed by atoms with Gasteiger partial charge in [0, 0.05) is 18.5 Å². The summed E-state index contributed by atoms with van der Waals surface area (Å²) < 4.78 is 15.5. The van der Waals surface area contributed by atoms with Gasteiger partial charge >= 0.3 is 0 Å². The van der Waals surface area contributed by atoms with Gasteiger partial charge in [0.05, 0.1) is 17.6 Å². The zero-order valence-electron chi connectivity index (χ0n) is 12.8. The zero-order chi connectivity index (χ0) is 15.7. The van der Waals surface area contributed by atoms with E-state index in [1.807, 2.05) is 0 Å². The van der Waals surface area contributed by atoms with E-state index in [2.05, 4.69) is 21.4 Å². The van der Waals surface area contributed by atoms with Crippen molar-refractivity contribution >= 4 is 16.9 Å². The van der Waals surface area contributed by atoms with Crippen LogP contribution < -0.4 is 5.73 Å². The van der Waals surface area contributed by atoms with Crippen molar-refractivity contribution in [2.45, 2.75) is 32.9 Å². The van der Waals surface area contributed by atoms with Gasteiger partial charge in [-0.05, 0) is 45.0 Å². The van der Waals surface area contributed by atoms with E-state index in [1.54, 1.807) is 6.07 Å². The number of carbonyl (C=O) groups is 1. The van der Waals surface area contributed by atoms with Crippen LogP contribution in [0.4, 0.5) is 4.39 Å². The minimum Gasteiger partial charge on any atom is -0.369 e. The van der Waals surface area contributed by atoms with Gasteiger partial charge in [-0.25, -0.2) is 9.37 Å². The summed E-state index contributed by atoms with van der Waals surface area (Å²) in [6, 6.07) is 4.73. The molecular weight excluding hydrogens is 283 g/mol.